The van der Waals surface area contributed by atoms with Gasteiger partial charge in [0.15, 0.2) is 0 Å². The van der Waals surface area contributed by atoms with Crippen LogP contribution >= 0.6 is 0 Å². The summed E-state index contributed by atoms with van der Waals surface area (Å²) in [5, 5.41) is 0. The van der Waals surface area contributed by atoms with Gasteiger partial charge in [0.05, 0.1) is 17.7 Å². The van der Waals surface area contributed by atoms with E-state index in [0.29, 0.717) is 12.2 Å². The number of esters is 1. The fourth-order valence-electron chi connectivity index (χ4n) is 2.58. The van der Waals surface area contributed by atoms with Crippen LogP contribution in [0.5, 0.6) is 0 Å². The number of ether oxygens (including phenoxy) is 1. The predicted octanol–water partition coefficient (Wildman–Crippen LogP) is 4.09. The van der Waals surface area contributed by atoms with E-state index in [4.69, 9.17) is 4.74 Å². The molecule has 0 atom stereocenters. The van der Waals surface area contributed by atoms with Crippen LogP contribution in [0.15, 0.2) is 54.9 Å². The van der Waals surface area contributed by atoms with E-state index in [1.165, 1.54) is 0 Å². The van der Waals surface area contributed by atoms with Crippen LogP contribution in [0.2, 0.25) is 0 Å². The van der Waals surface area contributed by atoms with Crippen molar-refractivity contribution in [3.05, 3.63) is 66.0 Å². The third kappa shape index (κ3) is 2.42. The lowest BCUT2D eigenvalue weighted by atomic mass is 10.1. The second-order valence-corrected chi connectivity index (χ2v) is 4.98. The van der Waals surface area contributed by atoms with Gasteiger partial charge in [-0.25, -0.2) is 4.79 Å². The first kappa shape index (κ1) is 13.4. The van der Waals surface area contributed by atoms with Gasteiger partial charge in [0.2, 0.25) is 0 Å². The number of aromatic nitrogens is 1. The molecule has 3 rings (SSSR count). The number of fused-ring (bicyclic) bond motifs is 1. The molecule has 3 nitrogen and oxygen atoms in total. The van der Waals surface area contributed by atoms with Crippen molar-refractivity contribution in [2.75, 3.05) is 6.61 Å². The van der Waals surface area contributed by atoms with E-state index in [-0.39, 0.29) is 5.97 Å². The Kier molecular flexibility index (Phi) is 3.48. The highest BCUT2D eigenvalue weighted by Gasteiger charge is 2.16. The summed E-state index contributed by atoms with van der Waals surface area (Å²) in [6, 6.07) is 14.2. The van der Waals surface area contributed by atoms with Gasteiger partial charge in [0.25, 0.3) is 0 Å². The van der Waals surface area contributed by atoms with E-state index >= 15 is 0 Å². The number of benzene rings is 1. The lowest BCUT2D eigenvalue weighted by molar-refractivity contribution is 0.0528. The summed E-state index contributed by atoms with van der Waals surface area (Å²) in [7, 11) is 0. The zero-order chi connectivity index (χ0) is 14.8. The number of pyridine rings is 1. The minimum Gasteiger partial charge on any atom is -0.462 e. The number of hydrogen-bond acceptors (Lipinski definition) is 2. The fraction of sp³-hybridized carbons (Fsp3) is 0.167. The maximum atomic E-state index is 12.2. The highest BCUT2D eigenvalue weighted by atomic mass is 16.5. The summed E-state index contributed by atoms with van der Waals surface area (Å²) in [6.07, 6.45) is 3.93. The molecule has 0 aliphatic carbocycles. The molecule has 0 aliphatic heterocycles. The highest BCUT2D eigenvalue weighted by Crippen LogP contribution is 2.25. The van der Waals surface area contributed by atoms with Crippen LogP contribution in [0, 0.1) is 6.92 Å². The average molecular weight is 279 g/mol. The third-order valence-electron chi connectivity index (χ3n) is 3.55. The topological polar surface area (TPSA) is 30.7 Å². The van der Waals surface area contributed by atoms with Crippen molar-refractivity contribution in [1.29, 1.82) is 0 Å². The molecule has 0 radical (unpaired) electrons. The lowest BCUT2D eigenvalue weighted by Crippen LogP contribution is -2.05. The quantitative estimate of drug-likeness (QED) is 0.676. The SMILES string of the molecule is CCOC(=O)c1c(C)cn2ccc(-c3ccccc3)cc12. The molecule has 2 aromatic heterocycles. The molecule has 0 spiro atoms. The zero-order valence-corrected chi connectivity index (χ0v) is 12.2. The molecule has 3 aromatic rings. The normalized spacial score (nSPS) is 10.8. The van der Waals surface area contributed by atoms with Crippen molar-refractivity contribution in [2.45, 2.75) is 13.8 Å². The van der Waals surface area contributed by atoms with Gasteiger partial charge in [-0.05, 0) is 42.7 Å². The molecular formula is C18H17NO2. The van der Waals surface area contributed by atoms with Gasteiger partial charge < -0.3 is 9.14 Å². The summed E-state index contributed by atoms with van der Waals surface area (Å²) in [5.74, 6) is -0.261. The molecule has 106 valence electrons. The van der Waals surface area contributed by atoms with Crippen LogP contribution in [0.3, 0.4) is 0 Å². The maximum Gasteiger partial charge on any atom is 0.340 e. The van der Waals surface area contributed by atoms with E-state index in [0.717, 1.165) is 22.2 Å². The van der Waals surface area contributed by atoms with Crippen molar-refractivity contribution < 1.29 is 9.53 Å². The van der Waals surface area contributed by atoms with E-state index < -0.39 is 0 Å². The van der Waals surface area contributed by atoms with Gasteiger partial charge in [-0.1, -0.05) is 30.3 Å². The summed E-state index contributed by atoms with van der Waals surface area (Å²) < 4.78 is 7.13. The monoisotopic (exact) mass is 279 g/mol. The molecular weight excluding hydrogens is 262 g/mol. The number of nitrogens with zero attached hydrogens (tertiary/aromatic N) is 1. The first-order valence-corrected chi connectivity index (χ1v) is 7.04. The van der Waals surface area contributed by atoms with E-state index in [2.05, 4.69) is 18.2 Å². The van der Waals surface area contributed by atoms with Gasteiger partial charge in [-0.2, -0.15) is 0 Å². The molecule has 1 aromatic carbocycles. The standard InChI is InChI=1S/C18H17NO2/c1-3-21-18(20)17-13(2)12-19-10-9-15(11-16(17)19)14-7-5-4-6-8-14/h4-12H,3H2,1-2H3. The van der Waals surface area contributed by atoms with E-state index in [1.54, 1.807) is 0 Å². The Morgan fingerprint density at radius 2 is 1.90 bits per heavy atom. The number of aryl methyl sites for hydroxylation is 1. The lowest BCUT2D eigenvalue weighted by Gasteiger charge is -2.05. The number of rotatable bonds is 3. The number of carbonyl (C=O) groups excluding carboxylic acids is 1. The van der Waals surface area contributed by atoms with Crippen molar-refractivity contribution >= 4 is 11.5 Å². The minimum absolute atomic E-state index is 0.261. The minimum atomic E-state index is -0.261. The van der Waals surface area contributed by atoms with Crippen molar-refractivity contribution in [1.82, 2.24) is 4.40 Å². The van der Waals surface area contributed by atoms with Crippen LogP contribution in [-0.4, -0.2) is 17.0 Å². The summed E-state index contributed by atoms with van der Waals surface area (Å²) in [5.41, 5.74) is 4.68. The van der Waals surface area contributed by atoms with Gasteiger partial charge in [-0.3, -0.25) is 0 Å². The van der Waals surface area contributed by atoms with E-state index in [1.807, 2.05) is 54.9 Å². The summed E-state index contributed by atoms with van der Waals surface area (Å²) in [6.45, 7) is 4.14. The van der Waals surface area contributed by atoms with Crippen LogP contribution in [0.25, 0.3) is 16.6 Å². The molecule has 0 aliphatic rings. The molecule has 0 unspecified atom stereocenters. The van der Waals surface area contributed by atoms with Crippen molar-refractivity contribution in [2.24, 2.45) is 0 Å². The fourth-order valence-corrected chi connectivity index (χ4v) is 2.58. The summed E-state index contributed by atoms with van der Waals surface area (Å²) in [4.78, 5) is 12.2. The molecule has 0 N–H and O–H groups in total. The molecule has 0 saturated heterocycles. The van der Waals surface area contributed by atoms with Gasteiger partial charge in [0, 0.05) is 12.4 Å². The Morgan fingerprint density at radius 1 is 1.14 bits per heavy atom. The maximum absolute atomic E-state index is 12.2. The Bertz CT molecular complexity index is 788. The predicted molar refractivity (Wildman–Crippen MR) is 83.5 cm³/mol. The van der Waals surface area contributed by atoms with Gasteiger partial charge in [0.1, 0.15) is 0 Å². The molecule has 2 heterocycles. The second-order valence-electron chi connectivity index (χ2n) is 4.98. The first-order chi connectivity index (χ1) is 10.2. The Morgan fingerprint density at radius 3 is 2.62 bits per heavy atom. The third-order valence-corrected chi connectivity index (χ3v) is 3.55. The van der Waals surface area contributed by atoms with Crippen molar-refractivity contribution in [3.63, 3.8) is 0 Å². The number of hydrogen-bond donors (Lipinski definition) is 0. The molecule has 21 heavy (non-hydrogen) atoms. The molecule has 3 heteroatoms. The first-order valence-electron chi connectivity index (χ1n) is 7.04. The van der Waals surface area contributed by atoms with Crippen LogP contribution in [-0.2, 0) is 4.74 Å². The summed E-state index contributed by atoms with van der Waals surface area (Å²) >= 11 is 0. The smallest absolute Gasteiger partial charge is 0.340 e. The second kappa shape index (κ2) is 5.44. The molecule has 0 bridgehead atoms. The number of carbonyl (C=O) groups is 1. The highest BCUT2D eigenvalue weighted by molar-refractivity contribution is 5.99. The largest absolute Gasteiger partial charge is 0.462 e. The zero-order valence-electron chi connectivity index (χ0n) is 12.2. The molecule has 0 amide bonds. The van der Waals surface area contributed by atoms with Gasteiger partial charge in [-0.15, -0.1) is 0 Å². The van der Waals surface area contributed by atoms with Crippen LogP contribution in [0.1, 0.15) is 22.8 Å². The Labute approximate surface area is 123 Å². The van der Waals surface area contributed by atoms with Crippen LogP contribution < -0.4 is 0 Å². The van der Waals surface area contributed by atoms with Crippen LogP contribution in [0.4, 0.5) is 0 Å². The molecule has 0 fully saturated rings. The Hall–Kier alpha value is -2.55. The van der Waals surface area contributed by atoms with Gasteiger partial charge >= 0.3 is 5.97 Å². The average Bonchev–Trinajstić information content (AvgIpc) is 2.83. The molecule has 0 saturated carbocycles. The van der Waals surface area contributed by atoms with Crippen molar-refractivity contribution in [3.8, 4) is 11.1 Å². The van der Waals surface area contributed by atoms with E-state index in [9.17, 15) is 4.79 Å². The Balaban J connectivity index is 2.16.